The van der Waals surface area contributed by atoms with E-state index in [4.69, 9.17) is 13.3 Å². The van der Waals surface area contributed by atoms with Gasteiger partial charge in [0.05, 0.1) is 12.5 Å². The average Bonchev–Trinajstić information content (AvgIpc) is 3.21. The smallest absolute Gasteiger partial charge is 0.305 e. The summed E-state index contributed by atoms with van der Waals surface area (Å²) in [6.45, 7) is 1.78. The van der Waals surface area contributed by atoms with Crippen LogP contribution in [0.15, 0.2) is 40.0 Å². The molecule has 0 aliphatic carbocycles. The summed E-state index contributed by atoms with van der Waals surface area (Å²) >= 11 is 0. The fraction of sp³-hybridized carbons (Fsp3) is 0.375. The highest BCUT2D eigenvalue weighted by Crippen LogP contribution is 2.39. The molecule has 7 heteroatoms. The van der Waals surface area contributed by atoms with E-state index in [2.05, 4.69) is 0 Å². The predicted octanol–water partition coefficient (Wildman–Crippen LogP) is 2.64. The molecule has 0 amide bonds. The summed E-state index contributed by atoms with van der Waals surface area (Å²) in [4.78, 5) is 1.96. The molecule has 23 heavy (non-hydrogen) atoms. The number of furan rings is 1. The van der Waals surface area contributed by atoms with Gasteiger partial charge in [-0.25, -0.2) is 0 Å². The molecule has 2 aliphatic heterocycles. The monoisotopic (exact) mass is 335 g/mol. The van der Waals surface area contributed by atoms with Gasteiger partial charge < -0.3 is 9.15 Å². The molecule has 4 rings (SSSR count). The van der Waals surface area contributed by atoms with Gasteiger partial charge in [-0.1, -0.05) is 0 Å². The molecular weight excluding hydrogens is 318 g/mol. The van der Waals surface area contributed by atoms with Crippen molar-refractivity contribution in [3.63, 3.8) is 0 Å². The maximum absolute atomic E-state index is 12.8. The number of allylic oxidation sites excluding steroid dienone is 1. The summed E-state index contributed by atoms with van der Waals surface area (Å²) in [5.74, 6) is 0.302. The van der Waals surface area contributed by atoms with Gasteiger partial charge in [0, 0.05) is 24.0 Å². The fourth-order valence-corrected chi connectivity index (χ4v) is 4.24. The van der Waals surface area contributed by atoms with Gasteiger partial charge in [0.25, 0.3) is 0 Å². The van der Waals surface area contributed by atoms with E-state index in [-0.39, 0.29) is 17.2 Å². The zero-order valence-electron chi connectivity index (χ0n) is 12.5. The largest absolute Gasteiger partial charge is 0.463 e. The predicted molar refractivity (Wildman–Crippen MR) is 83.6 cm³/mol. The lowest BCUT2D eigenvalue weighted by molar-refractivity contribution is 0.157. The summed E-state index contributed by atoms with van der Waals surface area (Å²) in [7, 11) is -3.98. The Balaban J connectivity index is 1.75. The van der Waals surface area contributed by atoms with Crippen molar-refractivity contribution < 1.29 is 21.8 Å². The van der Waals surface area contributed by atoms with Crippen LogP contribution >= 0.6 is 0 Å². The first-order valence-electron chi connectivity index (χ1n) is 7.62. The Labute approximate surface area is 134 Å². The fourth-order valence-electron chi connectivity index (χ4n) is 3.03. The lowest BCUT2D eigenvalue weighted by Crippen LogP contribution is -2.25. The Morgan fingerprint density at radius 2 is 2.09 bits per heavy atom. The Morgan fingerprint density at radius 1 is 1.26 bits per heavy atom. The second-order valence-corrected chi connectivity index (χ2v) is 7.31. The molecule has 1 saturated heterocycles. The van der Waals surface area contributed by atoms with Gasteiger partial charge in [-0.05, 0) is 37.5 Å². The average molecular weight is 335 g/mol. The van der Waals surface area contributed by atoms with Crippen LogP contribution in [0.5, 0.6) is 5.75 Å². The second kappa shape index (κ2) is 5.67. The third-order valence-electron chi connectivity index (χ3n) is 4.19. The van der Waals surface area contributed by atoms with Crippen LogP contribution in [-0.2, 0) is 20.7 Å². The van der Waals surface area contributed by atoms with Crippen molar-refractivity contribution in [1.82, 2.24) is 4.90 Å². The van der Waals surface area contributed by atoms with Crippen LogP contribution in [0.3, 0.4) is 0 Å². The van der Waals surface area contributed by atoms with Crippen LogP contribution < -0.4 is 4.74 Å². The standard InChI is InChI=1S/C16H17NO5S/c18-23(19,22-11-17-6-1-2-7-17)16-14-12(4-3-8-20-14)10-13-5-9-21-15(13)16/h3,5,8-10H,1-2,4,6-7,11H2. The van der Waals surface area contributed by atoms with Gasteiger partial charge in [0.2, 0.25) is 0 Å². The summed E-state index contributed by atoms with van der Waals surface area (Å²) in [5.41, 5.74) is 1.09. The number of rotatable bonds is 4. The number of hydrogen-bond donors (Lipinski definition) is 0. The first-order chi connectivity index (χ1) is 11.1. The molecule has 3 heterocycles. The molecule has 6 nitrogen and oxygen atoms in total. The van der Waals surface area contributed by atoms with E-state index in [9.17, 15) is 8.42 Å². The molecule has 0 N–H and O–H groups in total. The number of benzene rings is 1. The summed E-state index contributed by atoms with van der Waals surface area (Å²) in [6.07, 6.45) is 7.57. The van der Waals surface area contributed by atoms with Crippen LogP contribution in [0.4, 0.5) is 0 Å². The topological polar surface area (TPSA) is 69.0 Å². The summed E-state index contributed by atoms with van der Waals surface area (Å²) < 4.78 is 41.7. The Morgan fingerprint density at radius 3 is 2.91 bits per heavy atom. The highest BCUT2D eigenvalue weighted by Gasteiger charge is 2.30. The van der Waals surface area contributed by atoms with Gasteiger partial charge in [0.15, 0.2) is 16.2 Å². The minimum absolute atomic E-state index is 0.0152. The lowest BCUT2D eigenvalue weighted by atomic mass is 10.1. The van der Waals surface area contributed by atoms with E-state index < -0.39 is 10.1 Å². The van der Waals surface area contributed by atoms with Crippen LogP contribution in [-0.4, -0.2) is 33.1 Å². The SMILES string of the molecule is O=S(=O)(OCN1CCCC1)c1c2c(cc3ccoc13)CC=CO2. The third-order valence-corrected chi connectivity index (χ3v) is 5.48. The maximum atomic E-state index is 12.8. The molecule has 0 bridgehead atoms. The Hall–Kier alpha value is -1.83. The molecule has 2 aromatic rings. The number of hydrogen-bond acceptors (Lipinski definition) is 6. The molecule has 1 aromatic heterocycles. The molecule has 0 radical (unpaired) electrons. The molecule has 2 aliphatic rings. The number of fused-ring (bicyclic) bond motifs is 2. The van der Waals surface area contributed by atoms with E-state index in [0.717, 1.165) is 36.9 Å². The molecule has 0 saturated carbocycles. The van der Waals surface area contributed by atoms with Crippen LogP contribution in [0.25, 0.3) is 11.0 Å². The minimum atomic E-state index is -3.98. The van der Waals surface area contributed by atoms with Gasteiger partial charge >= 0.3 is 10.1 Å². The molecule has 1 aromatic carbocycles. The van der Waals surface area contributed by atoms with Crippen molar-refractivity contribution in [1.29, 1.82) is 0 Å². The van der Waals surface area contributed by atoms with Crippen LogP contribution in [0.1, 0.15) is 18.4 Å². The third kappa shape index (κ3) is 2.65. The summed E-state index contributed by atoms with van der Waals surface area (Å²) in [5, 5.41) is 0.728. The quantitative estimate of drug-likeness (QED) is 0.800. The van der Waals surface area contributed by atoms with Crippen molar-refractivity contribution in [2.75, 3.05) is 19.8 Å². The van der Waals surface area contributed by atoms with Crippen molar-refractivity contribution >= 4 is 21.1 Å². The van der Waals surface area contributed by atoms with Gasteiger partial charge in [-0.3, -0.25) is 9.08 Å². The minimum Gasteiger partial charge on any atom is -0.463 e. The van der Waals surface area contributed by atoms with Crippen LogP contribution in [0, 0.1) is 0 Å². The normalized spacial score (nSPS) is 18.3. The second-order valence-electron chi connectivity index (χ2n) is 5.75. The first kappa shape index (κ1) is 14.7. The molecular formula is C16H17NO5S. The highest BCUT2D eigenvalue weighted by atomic mass is 32.2. The Bertz CT molecular complexity index is 862. The Kier molecular flexibility index (Phi) is 3.63. The van der Waals surface area contributed by atoms with E-state index in [1.165, 1.54) is 12.5 Å². The zero-order chi connectivity index (χ0) is 15.9. The molecule has 122 valence electrons. The van der Waals surface area contributed by atoms with E-state index in [1.807, 2.05) is 17.0 Å². The van der Waals surface area contributed by atoms with Gasteiger partial charge in [-0.15, -0.1) is 0 Å². The maximum Gasteiger partial charge on any atom is 0.305 e. The number of likely N-dealkylation sites (tertiary alicyclic amines) is 1. The molecule has 1 fully saturated rings. The van der Waals surface area contributed by atoms with Crippen molar-refractivity contribution in [2.24, 2.45) is 0 Å². The lowest BCUT2D eigenvalue weighted by Gasteiger charge is -2.18. The first-order valence-corrected chi connectivity index (χ1v) is 9.02. The highest BCUT2D eigenvalue weighted by molar-refractivity contribution is 7.87. The summed E-state index contributed by atoms with van der Waals surface area (Å²) in [6, 6.07) is 3.63. The molecule has 0 atom stereocenters. The van der Waals surface area contributed by atoms with E-state index in [0.29, 0.717) is 12.2 Å². The van der Waals surface area contributed by atoms with E-state index >= 15 is 0 Å². The zero-order valence-corrected chi connectivity index (χ0v) is 13.3. The van der Waals surface area contributed by atoms with Crippen molar-refractivity contribution in [2.45, 2.75) is 24.2 Å². The van der Waals surface area contributed by atoms with Gasteiger partial charge in [-0.2, -0.15) is 8.42 Å². The number of nitrogens with zero attached hydrogens (tertiary/aromatic N) is 1. The van der Waals surface area contributed by atoms with Gasteiger partial charge in [0.1, 0.15) is 6.73 Å². The number of ether oxygens (including phenoxy) is 1. The molecule has 0 unspecified atom stereocenters. The van der Waals surface area contributed by atoms with Crippen molar-refractivity contribution in [3.8, 4) is 5.75 Å². The van der Waals surface area contributed by atoms with Crippen LogP contribution in [0.2, 0.25) is 0 Å². The van der Waals surface area contributed by atoms with Crippen molar-refractivity contribution in [3.05, 3.63) is 36.3 Å². The van der Waals surface area contributed by atoms with E-state index in [1.54, 1.807) is 6.07 Å². The molecule has 0 spiro atoms.